The van der Waals surface area contributed by atoms with Crippen molar-refractivity contribution in [3.63, 3.8) is 0 Å². The summed E-state index contributed by atoms with van der Waals surface area (Å²) in [7, 11) is 0. The van der Waals surface area contributed by atoms with Gasteiger partial charge in [0, 0.05) is 18.4 Å². The first kappa shape index (κ1) is 15.7. The molecule has 0 amide bonds. The first-order chi connectivity index (χ1) is 10.8. The minimum atomic E-state index is -0.0646. The summed E-state index contributed by atoms with van der Waals surface area (Å²) in [6, 6.07) is 19.6. The lowest BCUT2D eigenvalue weighted by atomic mass is 10.0. The Morgan fingerprint density at radius 3 is 2.09 bits per heavy atom. The van der Waals surface area contributed by atoms with Gasteiger partial charge in [-0.15, -0.1) is 0 Å². The van der Waals surface area contributed by atoms with Crippen LogP contribution in [0.4, 0.5) is 0 Å². The zero-order valence-corrected chi connectivity index (χ0v) is 12.4. The predicted molar refractivity (Wildman–Crippen MR) is 88.3 cm³/mol. The Kier molecular flexibility index (Phi) is 6.10. The van der Waals surface area contributed by atoms with Gasteiger partial charge in [-0.1, -0.05) is 66.7 Å². The van der Waals surface area contributed by atoms with E-state index < -0.39 is 0 Å². The molecule has 0 aliphatic carbocycles. The molecule has 110 valence electrons. The van der Waals surface area contributed by atoms with Crippen LogP contribution in [0.2, 0.25) is 0 Å². The maximum Gasteiger partial charge on any atom is 0.160 e. The first-order valence-corrected chi connectivity index (χ1v) is 7.28. The van der Waals surface area contributed by atoms with E-state index in [1.165, 1.54) is 0 Å². The molecular formula is C20H18O2. The maximum atomic E-state index is 11.9. The van der Waals surface area contributed by atoms with Gasteiger partial charge in [0.2, 0.25) is 0 Å². The third-order valence-corrected chi connectivity index (χ3v) is 3.29. The normalized spacial score (nSPS) is 10.4. The molecule has 0 unspecified atom stereocenters. The summed E-state index contributed by atoms with van der Waals surface area (Å²) in [4.78, 5) is 22.9. The summed E-state index contributed by atoms with van der Waals surface area (Å²) in [6.07, 6.45) is 4.70. The van der Waals surface area contributed by atoms with E-state index in [1.54, 1.807) is 6.08 Å². The van der Waals surface area contributed by atoms with E-state index in [0.717, 1.165) is 11.1 Å². The Morgan fingerprint density at radius 1 is 0.909 bits per heavy atom. The smallest absolute Gasteiger partial charge is 0.160 e. The molecule has 22 heavy (non-hydrogen) atoms. The van der Waals surface area contributed by atoms with Gasteiger partial charge >= 0.3 is 0 Å². The van der Waals surface area contributed by atoms with Crippen LogP contribution >= 0.6 is 0 Å². The molecule has 0 bridgehead atoms. The molecule has 2 aromatic carbocycles. The molecular weight excluding hydrogens is 272 g/mol. The van der Waals surface area contributed by atoms with Crippen molar-refractivity contribution < 1.29 is 9.59 Å². The number of carbonyl (C=O) groups is 1. The lowest BCUT2D eigenvalue weighted by Crippen LogP contribution is -2.00. The Hall–Kier alpha value is -2.70. The van der Waals surface area contributed by atoms with Crippen molar-refractivity contribution in [1.82, 2.24) is 0 Å². The lowest BCUT2D eigenvalue weighted by Gasteiger charge is -2.01. The van der Waals surface area contributed by atoms with Crippen LogP contribution in [0.3, 0.4) is 0 Å². The molecule has 0 radical (unpaired) electrons. The van der Waals surface area contributed by atoms with Gasteiger partial charge in [0.15, 0.2) is 5.78 Å². The van der Waals surface area contributed by atoms with E-state index in [0.29, 0.717) is 18.4 Å². The van der Waals surface area contributed by atoms with Gasteiger partial charge in [0.05, 0.1) is 0 Å². The molecule has 0 saturated carbocycles. The predicted octanol–water partition coefficient (Wildman–Crippen LogP) is 3.75. The van der Waals surface area contributed by atoms with Crippen molar-refractivity contribution >= 4 is 11.7 Å². The second kappa shape index (κ2) is 8.56. The second-order valence-corrected chi connectivity index (χ2v) is 5.10. The number of benzene rings is 2. The number of hydrogen-bond acceptors (Lipinski definition) is 2. The summed E-state index contributed by atoms with van der Waals surface area (Å²) in [5.41, 5.74) is 2.66. The molecule has 0 spiro atoms. The van der Waals surface area contributed by atoms with Crippen LogP contribution in [0.15, 0.2) is 78.4 Å². The summed E-state index contributed by atoms with van der Waals surface area (Å²) in [6.45, 7) is 0. The van der Waals surface area contributed by atoms with Gasteiger partial charge in [-0.2, -0.15) is 0 Å². The number of hydrogen-bond donors (Lipinski definition) is 0. The molecule has 0 heterocycles. The Balaban J connectivity index is 1.86. The molecule has 0 aliphatic rings. The number of ketones is 1. The third kappa shape index (κ3) is 5.35. The van der Waals surface area contributed by atoms with E-state index in [-0.39, 0.29) is 12.2 Å². The molecule has 2 heteroatoms. The fourth-order valence-corrected chi connectivity index (χ4v) is 2.19. The summed E-state index contributed by atoms with van der Waals surface area (Å²) in [5.74, 6) is 1.84. The topological polar surface area (TPSA) is 34.1 Å². The van der Waals surface area contributed by atoms with Crippen LogP contribution in [-0.2, 0) is 22.4 Å². The van der Waals surface area contributed by atoms with Crippen molar-refractivity contribution in [3.05, 3.63) is 89.5 Å². The summed E-state index contributed by atoms with van der Waals surface area (Å²) < 4.78 is 0. The van der Waals surface area contributed by atoms with Gasteiger partial charge in [-0.25, -0.2) is 4.79 Å². The monoisotopic (exact) mass is 290 g/mol. The van der Waals surface area contributed by atoms with Crippen LogP contribution in [0.1, 0.15) is 17.5 Å². The molecule has 0 atom stereocenters. The van der Waals surface area contributed by atoms with E-state index in [2.05, 4.69) is 0 Å². The highest BCUT2D eigenvalue weighted by Gasteiger charge is 2.05. The minimum Gasteiger partial charge on any atom is -0.294 e. The van der Waals surface area contributed by atoms with Crippen LogP contribution < -0.4 is 0 Å². The van der Waals surface area contributed by atoms with Crippen molar-refractivity contribution in [2.45, 2.75) is 19.3 Å². The average molecular weight is 290 g/mol. The zero-order chi connectivity index (χ0) is 15.6. The van der Waals surface area contributed by atoms with Gasteiger partial charge in [-0.3, -0.25) is 4.79 Å². The van der Waals surface area contributed by atoms with Crippen LogP contribution in [0.25, 0.3) is 0 Å². The number of rotatable bonds is 7. The summed E-state index contributed by atoms with van der Waals surface area (Å²) in [5, 5.41) is 0. The van der Waals surface area contributed by atoms with Crippen molar-refractivity contribution in [1.29, 1.82) is 0 Å². The highest BCUT2D eigenvalue weighted by molar-refractivity contribution is 5.92. The fraction of sp³-hybridized carbons (Fsp3) is 0.150. The van der Waals surface area contributed by atoms with E-state index in [4.69, 9.17) is 0 Å². The SMILES string of the molecule is O=C=C(CC(=O)C=CCc1ccccc1)Cc1ccccc1. The first-order valence-electron chi connectivity index (χ1n) is 7.28. The molecule has 2 rings (SSSR count). The van der Waals surface area contributed by atoms with E-state index >= 15 is 0 Å². The quantitative estimate of drug-likeness (QED) is 0.575. The molecule has 0 N–H and O–H groups in total. The average Bonchev–Trinajstić information content (AvgIpc) is 2.56. The minimum absolute atomic E-state index is 0.0646. The van der Waals surface area contributed by atoms with Crippen LogP contribution in [0.5, 0.6) is 0 Å². The van der Waals surface area contributed by atoms with Crippen LogP contribution in [0, 0.1) is 0 Å². The van der Waals surface area contributed by atoms with Crippen LogP contribution in [-0.4, -0.2) is 11.7 Å². The molecule has 0 aliphatic heterocycles. The van der Waals surface area contributed by atoms with Gasteiger partial charge in [0.25, 0.3) is 0 Å². The van der Waals surface area contributed by atoms with Gasteiger partial charge < -0.3 is 0 Å². The number of carbonyl (C=O) groups excluding carboxylic acids is 2. The van der Waals surface area contributed by atoms with Crippen molar-refractivity contribution in [3.8, 4) is 0 Å². The highest BCUT2D eigenvalue weighted by atomic mass is 16.1. The number of allylic oxidation sites excluding steroid dienone is 3. The van der Waals surface area contributed by atoms with Crippen molar-refractivity contribution in [2.75, 3.05) is 0 Å². The van der Waals surface area contributed by atoms with E-state index in [1.807, 2.05) is 72.7 Å². The fourth-order valence-electron chi connectivity index (χ4n) is 2.19. The molecule has 0 saturated heterocycles. The molecule has 0 fully saturated rings. The lowest BCUT2D eigenvalue weighted by molar-refractivity contribution is -0.114. The zero-order valence-electron chi connectivity index (χ0n) is 12.4. The van der Waals surface area contributed by atoms with E-state index in [9.17, 15) is 9.59 Å². The largest absolute Gasteiger partial charge is 0.294 e. The Labute approximate surface area is 130 Å². The standard InChI is InChI=1S/C20H18O2/c21-16-19(14-18-10-5-2-6-11-18)15-20(22)13-7-12-17-8-3-1-4-9-17/h1-11,13H,12,14-15H2. The Morgan fingerprint density at radius 2 is 1.50 bits per heavy atom. The van der Waals surface area contributed by atoms with Gasteiger partial charge in [-0.05, 0) is 23.6 Å². The van der Waals surface area contributed by atoms with Gasteiger partial charge in [0.1, 0.15) is 5.94 Å². The molecule has 0 aromatic heterocycles. The molecule has 2 nitrogen and oxygen atoms in total. The third-order valence-electron chi connectivity index (χ3n) is 3.29. The Bertz CT molecular complexity index is 678. The summed E-state index contributed by atoms with van der Waals surface area (Å²) >= 11 is 0. The van der Waals surface area contributed by atoms with Crippen molar-refractivity contribution in [2.24, 2.45) is 0 Å². The maximum absolute atomic E-state index is 11.9. The molecule has 2 aromatic rings. The highest BCUT2D eigenvalue weighted by Crippen LogP contribution is 2.10. The second-order valence-electron chi connectivity index (χ2n) is 5.10.